The Labute approximate surface area is 303 Å². The Balaban J connectivity index is 1.15. The summed E-state index contributed by atoms with van der Waals surface area (Å²) in [6.45, 7) is 0. The van der Waals surface area contributed by atoms with Crippen LogP contribution < -0.4 is 0 Å². The molecule has 0 bridgehead atoms. The monoisotopic (exact) mass is 653 g/mol. The molecule has 51 heavy (non-hydrogen) atoms. The fraction of sp³-hybridized carbons (Fsp3) is 0. The Hall–Kier alpha value is -6.70. The van der Waals surface area contributed by atoms with Crippen molar-refractivity contribution in [1.29, 1.82) is 0 Å². The summed E-state index contributed by atoms with van der Waals surface area (Å²) in [6, 6.07) is 55.1. The molecule has 9 aromatic carbocycles. The maximum atomic E-state index is 8.65. The summed E-state index contributed by atoms with van der Waals surface area (Å²) < 4.78 is 48.4. The van der Waals surface area contributed by atoms with Crippen LogP contribution >= 0.6 is 0 Å². The third-order valence-electron chi connectivity index (χ3n) is 9.98. The van der Waals surface area contributed by atoms with Crippen molar-refractivity contribution >= 4 is 43.5 Å². The number of fused-ring (bicyclic) bond motifs is 5. The molecule has 0 aliphatic carbocycles. The van der Waals surface area contributed by atoms with Crippen LogP contribution in [0.15, 0.2) is 198 Å². The minimum atomic E-state index is -0.409. The van der Waals surface area contributed by atoms with E-state index in [1.54, 1.807) is 6.07 Å². The summed E-state index contributed by atoms with van der Waals surface area (Å²) in [5.74, 6) is 0. The summed E-state index contributed by atoms with van der Waals surface area (Å²) in [7, 11) is 0. The third-order valence-corrected chi connectivity index (χ3v) is 9.98. The zero-order valence-corrected chi connectivity index (χ0v) is 27.5. The van der Waals surface area contributed by atoms with Gasteiger partial charge in [-0.05, 0) is 95.4 Å². The third kappa shape index (κ3) is 4.94. The Morgan fingerprint density at radius 2 is 0.843 bits per heavy atom. The molecule has 0 amide bonds. The maximum absolute atomic E-state index is 8.65. The normalized spacial score (nSPS) is 12.9. The zero-order chi connectivity index (χ0) is 38.1. The van der Waals surface area contributed by atoms with Crippen LogP contribution in [0.4, 0.5) is 0 Å². The molecule has 0 atom stereocenters. The highest BCUT2D eigenvalue weighted by atomic mass is 16.3. The van der Waals surface area contributed by atoms with Gasteiger partial charge in [-0.1, -0.05) is 176 Å². The molecule has 238 valence electrons. The van der Waals surface area contributed by atoms with Crippen LogP contribution in [-0.4, -0.2) is 0 Å². The van der Waals surface area contributed by atoms with Crippen molar-refractivity contribution in [2.75, 3.05) is 0 Å². The summed E-state index contributed by atoms with van der Waals surface area (Å²) in [5, 5.41) is 6.18. The van der Waals surface area contributed by atoms with Gasteiger partial charge in [0.1, 0.15) is 11.2 Å². The summed E-state index contributed by atoms with van der Waals surface area (Å²) in [5.41, 5.74) is 11.1. The molecule has 0 N–H and O–H groups in total. The van der Waals surface area contributed by atoms with E-state index in [9.17, 15) is 0 Å². The van der Waals surface area contributed by atoms with Crippen LogP contribution in [0.1, 0.15) is 6.85 Å². The van der Waals surface area contributed by atoms with Crippen LogP contribution in [0.3, 0.4) is 0 Å². The van der Waals surface area contributed by atoms with Gasteiger partial charge in [-0.25, -0.2) is 0 Å². The SMILES string of the molecule is [2H]c1c([2H])c([2H])c(-c2ccc3oc4cccc(-c5c6ccccc6c(-c6ccc(-c7ccc(-c8ccccc8)cc7)cc6)c6ccccc56)c4c3c2)c([2H])c1[2H]. The van der Waals surface area contributed by atoms with Crippen LogP contribution in [0.2, 0.25) is 0 Å². The number of hydrogen-bond donors (Lipinski definition) is 0. The highest BCUT2D eigenvalue weighted by Crippen LogP contribution is 2.47. The van der Waals surface area contributed by atoms with Gasteiger partial charge in [-0.2, -0.15) is 0 Å². The van der Waals surface area contributed by atoms with Crippen molar-refractivity contribution < 1.29 is 11.3 Å². The van der Waals surface area contributed by atoms with E-state index in [0.29, 0.717) is 16.7 Å². The van der Waals surface area contributed by atoms with Crippen LogP contribution in [0.25, 0.3) is 99.1 Å². The molecular formula is C50H32O. The maximum Gasteiger partial charge on any atom is 0.136 e. The summed E-state index contributed by atoms with van der Waals surface area (Å²) in [6.07, 6.45) is 0. The number of hydrogen-bond acceptors (Lipinski definition) is 1. The Bertz CT molecular complexity index is 3080. The van der Waals surface area contributed by atoms with E-state index in [4.69, 9.17) is 11.3 Å². The predicted octanol–water partition coefficient (Wildman–Crippen LogP) is 14.2. The smallest absolute Gasteiger partial charge is 0.136 e. The first-order chi connectivity index (χ1) is 27.4. The number of benzene rings is 9. The first kappa shape index (κ1) is 24.4. The first-order valence-corrected chi connectivity index (χ1v) is 17.1. The molecule has 0 aliphatic rings. The van der Waals surface area contributed by atoms with E-state index < -0.39 is 6.04 Å². The second-order valence-electron chi connectivity index (χ2n) is 12.9. The molecule has 0 unspecified atom stereocenters. The summed E-state index contributed by atoms with van der Waals surface area (Å²) >= 11 is 0. The van der Waals surface area contributed by atoms with E-state index in [1.165, 1.54) is 16.7 Å². The highest BCUT2D eigenvalue weighted by Gasteiger charge is 2.20. The quantitative estimate of drug-likeness (QED) is 0.169. The average molecular weight is 654 g/mol. The lowest BCUT2D eigenvalue weighted by molar-refractivity contribution is 0.669. The molecule has 1 nitrogen and oxygen atoms in total. The van der Waals surface area contributed by atoms with Crippen molar-refractivity contribution in [2.24, 2.45) is 0 Å². The van der Waals surface area contributed by atoms with Crippen molar-refractivity contribution in [3.63, 3.8) is 0 Å². The van der Waals surface area contributed by atoms with Gasteiger partial charge >= 0.3 is 0 Å². The summed E-state index contributed by atoms with van der Waals surface area (Å²) in [4.78, 5) is 0. The van der Waals surface area contributed by atoms with E-state index in [0.717, 1.165) is 60.1 Å². The largest absolute Gasteiger partial charge is 0.456 e. The second kappa shape index (κ2) is 12.0. The van der Waals surface area contributed by atoms with Gasteiger partial charge in [0, 0.05) is 10.8 Å². The fourth-order valence-electron chi connectivity index (χ4n) is 7.63. The van der Waals surface area contributed by atoms with E-state index in [-0.39, 0.29) is 29.7 Å². The Morgan fingerprint density at radius 1 is 0.333 bits per heavy atom. The standard InChI is InChI=1S/C50H32O/c1-3-12-33(13-4-1)35-22-24-36(25-23-35)37-26-28-38(29-27-37)48-40-16-7-9-18-42(40)49(43-19-10-8-17-41(43)48)44-20-11-21-47-50(44)45-32-39(30-31-46(45)51-47)34-14-5-2-6-15-34/h1-32H/i2D,5D,6D,14D,15D. The molecule has 1 heteroatoms. The van der Waals surface area contributed by atoms with Crippen LogP contribution in [-0.2, 0) is 0 Å². The lowest BCUT2D eigenvalue weighted by Crippen LogP contribution is -1.91. The fourth-order valence-corrected chi connectivity index (χ4v) is 7.63. The molecular weight excluding hydrogens is 617 g/mol. The van der Waals surface area contributed by atoms with E-state index in [1.807, 2.05) is 30.3 Å². The van der Waals surface area contributed by atoms with Crippen molar-refractivity contribution in [3.8, 4) is 55.6 Å². The molecule has 0 saturated heterocycles. The highest BCUT2D eigenvalue weighted by molar-refractivity contribution is 6.25. The van der Waals surface area contributed by atoms with Crippen LogP contribution in [0, 0.1) is 0 Å². The van der Waals surface area contributed by atoms with Gasteiger partial charge in [0.2, 0.25) is 0 Å². The predicted molar refractivity (Wildman–Crippen MR) is 216 cm³/mol. The topological polar surface area (TPSA) is 13.1 Å². The molecule has 1 heterocycles. The number of rotatable bonds is 5. The van der Waals surface area contributed by atoms with Gasteiger partial charge in [-0.3, -0.25) is 0 Å². The van der Waals surface area contributed by atoms with Crippen molar-refractivity contribution in [1.82, 2.24) is 0 Å². The molecule has 10 rings (SSSR count). The first-order valence-electron chi connectivity index (χ1n) is 19.6. The van der Waals surface area contributed by atoms with Gasteiger partial charge in [0.25, 0.3) is 0 Å². The van der Waals surface area contributed by atoms with E-state index >= 15 is 0 Å². The van der Waals surface area contributed by atoms with Crippen molar-refractivity contribution in [2.45, 2.75) is 0 Å². The zero-order valence-electron chi connectivity index (χ0n) is 32.5. The van der Waals surface area contributed by atoms with Gasteiger partial charge in [-0.15, -0.1) is 0 Å². The minimum absolute atomic E-state index is 0.167. The van der Waals surface area contributed by atoms with Gasteiger partial charge < -0.3 is 4.42 Å². The molecule has 1 aromatic heterocycles. The molecule has 10 aromatic rings. The lowest BCUT2D eigenvalue weighted by atomic mass is 9.84. The Morgan fingerprint density at radius 3 is 1.45 bits per heavy atom. The molecule has 0 saturated carbocycles. The molecule has 0 spiro atoms. The van der Waals surface area contributed by atoms with Gasteiger partial charge in [0.05, 0.1) is 6.85 Å². The van der Waals surface area contributed by atoms with Crippen LogP contribution in [0.5, 0.6) is 0 Å². The number of furan rings is 1. The molecule has 0 aliphatic heterocycles. The minimum Gasteiger partial charge on any atom is -0.456 e. The Kier molecular flexibility index (Phi) is 5.76. The lowest BCUT2D eigenvalue weighted by Gasteiger charge is -2.18. The second-order valence-corrected chi connectivity index (χ2v) is 12.9. The molecule has 0 radical (unpaired) electrons. The average Bonchev–Trinajstić information content (AvgIpc) is 3.63. The van der Waals surface area contributed by atoms with Gasteiger partial charge in [0.15, 0.2) is 0 Å². The molecule has 0 fully saturated rings. The van der Waals surface area contributed by atoms with E-state index in [2.05, 4.69) is 127 Å². The van der Waals surface area contributed by atoms with Crippen molar-refractivity contribution in [3.05, 3.63) is 194 Å².